The van der Waals surface area contributed by atoms with Crippen LogP contribution in [-0.2, 0) is 16.1 Å². The number of methoxy groups -OCH3 is 1. The number of carbonyl (C=O) groups is 1. The van der Waals surface area contributed by atoms with Gasteiger partial charge in [0.15, 0.2) is 0 Å². The van der Waals surface area contributed by atoms with Crippen LogP contribution < -0.4 is 9.47 Å². The summed E-state index contributed by atoms with van der Waals surface area (Å²) in [6, 6.07) is 5.89. The molecule has 6 heteroatoms. The minimum absolute atomic E-state index is 0.375. The fourth-order valence-electron chi connectivity index (χ4n) is 2.05. The van der Waals surface area contributed by atoms with E-state index in [4.69, 9.17) is 14.3 Å². The lowest BCUT2D eigenvalue weighted by molar-refractivity contribution is -0.126. The molecule has 112 valence electrons. The molecular weight excluding hydrogens is 272 g/mol. The van der Waals surface area contributed by atoms with Gasteiger partial charge in [-0.25, -0.2) is 4.98 Å². The molecule has 6 nitrogen and oxygen atoms in total. The fourth-order valence-corrected chi connectivity index (χ4v) is 2.05. The third-order valence-electron chi connectivity index (χ3n) is 2.91. The summed E-state index contributed by atoms with van der Waals surface area (Å²) in [4.78, 5) is 13.3. The van der Waals surface area contributed by atoms with Crippen molar-refractivity contribution in [1.29, 1.82) is 0 Å². The zero-order valence-corrected chi connectivity index (χ0v) is 12.1. The summed E-state index contributed by atoms with van der Waals surface area (Å²) in [5, 5.41) is 0. The van der Waals surface area contributed by atoms with Crippen LogP contribution in [0.5, 0.6) is 11.5 Å². The van der Waals surface area contributed by atoms with Crippen molar-refractivity contribution in [1.82, 2.24) is 9.55 Å². The first kappa shape index (κ1) is 14.9. The van der Waals surface area contributed by atoms with Gasteiger partial charge in [0.2, 0.25) is 0 Å². The number of imidazole rings is 1. The average Bonchev–Trinajstić information content (AvgIpc) is 2.90. The van der Waals surface area contributed by atoms with Crippen LogP contribution in [0.15, 0.2) is 30.6 Å². The summed E-state index contributed by atoms with van der Waals surface area (Å²) in [5.74, 6) is 2.65. The molecule has 0 radical (unpaired) electrons. The van der Waals surface area contributed by atoms with Crippen molar-refractivity contribution in [3.05, 3.63) is 30.6 Å². The molecule has 2 aromatic rings. The van der Waals surface area contributed by atoms with Crippen LogP contribution in [0.1, 0.15) is 6.92 Å². The molecule has 1 aromatic carbocycles. The van der Waals surface area contributed by atoms with E-state index in [1.807, 2.05) is 37.5 Å². The second-order valence-electron chi connectivity index (χ2n) is 4.22. The van der Waals surface area contributed by atoms with Crippen LogP contribution >= 0.6 is 0 Å². The maximum Gasteiger partial charge on any atom is 0.292 e. The van der Waals surface area contributed by atoms with E-state index in [9.17, 15) is 0 Å². The number of nitrogens with zero attached hydrogens (tertiary/aromatic N) is 2. The maximum absolute atomic E-state index is 8.95. The van der Waals surface area contributed by atoms with Gasteiger partial charge in [-0.2, -0.15) is 0 Å². The summed E-state index contributed by atoms with van der Waals surface area (Å²) in [6.45, 7) is 4.49. The number of carbonyl (C=O) groups excluding carboxylic acids is 1. The molecule has 0 saturated heterocycles. The molecule has 2 heterocycles. The Morgan fingerprint density at radius 1 is 1.48 bits per heavy atom. The molecule has 0 fully saturated rings. The molecule has 0 aliphatic carbocycles. The molecular formula is C15H18N2O4. The zero-order valence-electron chi connectivity index (χ0n) is 12.1. The van der Waals surface area contributed by atoms with E-state index in [0.717, 1.165) is 29.4 Å². The summed E-state index contributed by atoms with van der Waals surface area (Å²) < 4.78 is 17.2. The van der Waals surface area contributed by atoms with Crippen molar-refractivity contribution in [3.8, 4) is 22.9 Å². The van der Waals surface area contributed by atoms with Gasteiger partial charge < -0.3 is 18.8 Å². The minimum Gasteiger partial charge on any atom is -0.494 e. The molecule has 3 rings (SSSR count). The van der Waals surface area contributed by atoms with Crippen LogP contribution in [0, 0.1) is 0 Å². The molecule has 21 heavy (non-hydrogen) atoms. The lowest BCUT2D eigenvalue weighted by Gasteiger charge is -2.09. The highest BCUT2D eigenvalue weighted by Gasteiger charge is 2.16. The lowest BCUT2D eigenvalue weighted by atomic mass is 10.2. The number of benzene rings is 1. The van der Waals surface area contributed by atoms with Crippen LogP contribution in [0.4, 0.5) is 0 Å². The van der Waals surface area contributed by atoms with Gasteiger partial charge in [0.05, 0.1) is 25.8 Å². The van der Waals surface area contributed by atoms with Crippen molar-refractivity contribution < 1.29 is 19.0 Å². The Balaban J connectivity index is 0.000000361. The Kier molecular flexibility index (Phi) is 5.20. The van der Waals surface area contributed by atoms with Crippen molar-refractivity contribution in [3.63, 3.8) is 0 Å². The monoisotopic (exact) mass is 290 g/mol. The Labute approximate surface area is 123 Å². The minimum atomic E-state index is 0.375. The summed E-state index contributed by atoms with van der Waals surface area (Å²) in [6.07, 6.45) is 3.80. The Bertz CT molecular complexity index is 595. The highest BCUT2D eigenvalue weighted by Crippen LogP contribution is 2.34. The lowest BCUT2D eigenvalue weighted by Crippen LogP contribution is -2.04. The summed E-state index contributed by atoms with van der Waals surface area (Å²) in [7, 11) is 1.31. The molecule has 0 atom stereocenters. The van der Waals surface area contributed by atoms with E-state index >= 15 is 0 Å². The number of fused-ring (bicyclic) bond motifs is 3. The average molecular weight is 290 g/mol. The highest BCUT2D eigenvalue weighted by atomic mass is 16.5. The van der Waals surface area contributed by atoms with Crippen LogP contribution in [-0.4, -0.2) is 36.3 Å². The number of hydrogen-bond donors (Lipinski definition) is 0. The van der Waals surface area contributed by atoms with Crippen molar-refractivity contribution in [2.45, 2.75) is 13.5 Å². The SMILES string of the molecule is CCOc1ccc2c(c1)OCCn1ccnc1-2.COC=O. The third kappa shape index (κ3) is 3.53. The largest absolute Gasteiger partial charge is 0.494 e. The van der Waals surface area contributed by atoms with E-state index in [1.54, 1.807) is 0 Å². The first-order valence-electron chi connectivity index (χ1n) is 6.67. The summed E-state index contributed by atoms with van der Waals surface area (Å²) in [5.41, 5.74) is 1.02. The van der Waals surface area contributed by atoms with Gasteiger partial charge in [-0.05, 0) is 19.1 Å². The predicted octanol–water partition coefficient (Wildman–Crippen LogP) is 2.13. The maximum atomic E-state index is 8.95. The van der Waals surface area contributed by atoms with Crippen LogP contribution in [0.3, 0.4) is 0 Å². The molecule has 0 bridgehead atoms. The van der Waals surface area contributed by atoms with Gasteiger partial charge in [-0.3, -0.25) is 4.79 Å². The molecule has 1 aromatic heterocycles. The van der Waals surface area contributed by atoms with Crippen molar-refractivity contribution >= 4 is 6.47 Å². The van der Waals surface area contributed by atoms with Crippen molar-refractivity contribution in [2.24, 2.45) is 0 Å². The molecule has 0 N–H and O–H groups in total. The number of rotatable bonds is 3. The standard InChI is InChI=1S/C13H14N2O2.C2H4O2/c1-2-16-10-3-4-11-12(9-10)17-8-7-15-6-5-14-13(11)15;1-4-2-3/h3-6,9H,2,7-8H2,1H3;2H,1H3. The first-order valence-corrected chi connectivity index (χ1v) is 6.67. The molecule has 0 spiro atoms. The Hall–Kier alpha value is -2.50. The Morgan fingerprint density at radius 3 is 3.00 bits per heavy atom. The van der Waals surface area contributed by atoms with E-state index in [-0.39, 0.29) is 0 Å². The smallest absolute Gasteiger partial charge is 0.292 e. The third-order valence-corrected chi connectivity index (χ3v) is 2.91. The number of hydrogen-bond acceptors (Lipinski definition) is 5. The van der Waals surface area contributed by atoms with Crippen LogP contribution in [0.2, 0.25) is 0 Å². The second-order valence-corrected chi connectivity index (χ2v) is 4.22. The Morgan fingerprint density at radius 2 is 2.29 bits per heavy atom. The van der Waals surface area contributed by atoms with Gasteiger partial charge in [-0.15, -0.1) is 0 Å². The number of aromatic nitrogens is 2. The number of ether oxygens (including phenoxy) is 3. The molecule has 0 amide bonds. The highest BCUT2D eigenvalue weighted by molar-refractivity contribution is 5.66. The van der Waals surface area contributed by atoms with Gasteiger partial charge >= 0.3 is 0 Å². The van der Waals surface area contributed by atoms with Crippen molar-refractivity contribution in [2.75, 3.05) is 20.3 Å². The van der Waals surface area contributed by atoms with Gasteiger partial charge in [0.1, 0.15) is 23.9 Å². The van der Waals surface area contributed by atoms with E-state index in [1.165, 1.54) is 7.11 Å². The fraction of sp³-hybridized carbons (Fsp3) is 0.333. The zero-order chi connectivity index (χ0) is 15.1. The van der Waals surface area contributed by atoms with Gasteiger partial charge in [0, 0.05) is 18.5 Å². The first-order chi connectivity index (χ1) is 10.3. The predicted molar refractivity (Wildman–Crippen MR) is 77.4 cm³/mol. The van der Waals surface area contributed by atoms with Crippen LogP contribution in [0.25, 0.3) is 11.4 Å². The van der Waals surface area contributed by atoms with Gasteiger partial charge in [-0.1, -0.05) is 0 Å². The molecule has 0 unspecified atom stereocenters. The van der Waals surface area contributed by atoms with Gasteiger partial charge in [0.25, 0.3) is 6.47 Å². The summed E-state index contributed by atoms with van der Waals surface area (Å²) >= 11 is 0. The van der Waals surface area contributed by atoms with E-state index in [2.05, 4.69) is 14.3 Å². The molecule has 1 aliphatic heterocycles. The second kappa shape index (κ2) is 7.33. The topological polar surface area (TPSA) is 62.6 Å². The molecule has 1 aliphatic rings. The normalized spacial score (nSPS) is 11.7. The van der Waals surface area contributed by atoms with E-state index in [0.29, 0.717) is 19.7 Å². The van der Waals surface area contributed by atoms with E-state index < -0.39 is 0 Å². The molecule has 0 saturated carbocycles. The quantitative estimate of drug-likeness (QED) is 0.810.